The molecule has 0 fully saturated rings. The Morgan fingerprint density at radius 1 is 1.30 bits per heavy atom. The molecule has 0 spiro atoms. The lowest BCUT2D eigenvalue weighted by Crippen LogP contribution is -2.26. The van der Waals surface area contributed by atoms with Crippen molar-refractivity contribution in [3.05, 3.63) is 46.3 Å². The van der Waals surface area contributed by atoms with Gasteiger partial charge in [-0.15, -0.1) is 5.10 Å². The molecule has 1 aliphatic heterocycles. The summed E-state index contributed by atoms with van der Waals surface area (Å²) in [6.45, 7) is 2.69. The number of fused-ring (bicyclic) bond motifs is 1. The van der Waals surface area contributed by atoms with Gasteiger partial charge >= 0.3 is 0 Å². The molecule has 0 unspecified atom stereocenters. The summed E-state index contributed by atoms with van der Waals surface area (Å²) < 4.78 is 5.49. The summed E-state index contributed by atoms with van der Waals surface area (Å²) in [4.78, 5) is 35.6. The Bertz CT molecular complexity index is 890. The van der Waals surface area contributed by atoms with Crippen LogP contribution in [-0.2, 0) is 9.59 Å². The molecule has 23 heavy (non-hydrogen) atoms. The minimum Gasteiger partial charge on any atom is -0.464 e. The van der Waals surface area contributed by atoms with Crippen LogP contribution in [0.1, 0.15) is 24.8 Å². The second kappa shape index (κ2) is 5.88. The number of nitrogens with one attached hydrogen (secondary N) is 1. The fraction of sp³-hybridized carbons (Fsp3) is 0.200. The third-order valence-corrected chi connectivity index (χ3v) is 4.31. The normalized spacial score (nSPS) is 17.2. The molecule has 7 nitrogen and oxygen atoms in total. The molecule has 2 amide bonds. The van der Waals surface area contributed by atoms with Gasteiger partial charge in [0.1, 0.15) is 17.2 Å². The molecule has 0 saturated carbocycles. The van der Waals surface area contributed by atoms with Crippen LogP contribution in [0.15, 0.2) is 44.8 Å². The number of benzene rings is 1. The van der Waals surface area contributed by atoms with Gasteiger partial charge in [0.15, 0.2) is 10.6 Å². The first-order chi connectivity index (χ1) is 11.0. The summed E-state index contributed by atoms with van der Waals surface area (Å²) in [6, 6.07) is 6.88. The quantitative estimate of drug-likeness (QED) is 0.860. The van der Waals surface area contributed by atoms with E-state index in [2.05, 4.69) is 10.4 Å². The van der Waals surface area contributed by atoms with Crippen LogP contribution in [0.25, 0.3) is 11.0 Å². The lowest BCUT2D eigenvalue weighted by molar-refractivity contribution is -0.129. The first kappa shape index (κ1) is 15.3. The average molecular weight is 331 g/mol. The molecule has 2 aromatic rings. The van der Waals surface area contributed by atoms with Crippen LogP contribution in [0.3, 0.4) is 0 Å². The lowest BCUT2D eigenvalue weighted by Gasteiger charge is -2.18. The predicted octanol–water partition coefficient (Wildman–Crippen LogP) is 1.79. The van der Waals surface area contributed by atoms with Crippen molar-refractivity contribution in [3.63, 3.8) is 0 Å². The lowest BCUT2D eigenvalue weighted by atomic mass is 10.1. The third kappa shape index (κ3) is 2.85. The second-order valence-corrected chi connectivity index (χ2v) is 6.01. The molecule has 118 valence electrons. The van der Waals surface area contributed by atoms with E-state index < -0.39 is 5.37 Å². The van der Waals surface area contributed by atoms with Crippen molar-refractivity contribution >= 4 is 39.7 Å². The van der Waals surface area contributed by atoms with E-state index in [1.54, 1.807) is 24.3 Å². The van der Waals surface area contributed by atoms with Crippen molar-refractivity contribution in [2.75, 3.05) is 0 Å². The number of hydrogen-bond acceptors (Lipinski definition) is 6. The van der Waals surface area contributed by atoms with Crippen LogP contribution in [-0.4, -0.2) is 22.0 Å². The van der Waals surface area contributed by atoms with Crippen molar-refractivity contribution in [2.24, 2.45) is 5.10 Å². The molecular formula is C15H13N3O4S. The van der Waals surface area contributed by atoms with Gasteiger partial charge < -0.3 is 9.73 Å². The highest BCUT2D eigenvalue weighted by Crippen LogP contribution is 2.37. The van der Waals surface area contributed by atoms with E-state index in [-0.39, 0.29) is 22.4 Å². The van der Waals surface area contributed by atoms with Gasteiger partial charge in [-0.25, -0.2) is 5.01 Å². The van der Waals surface area contributed by atoms with E-state index in [4.69, 9.17) is 4.42 Å². The molecule has 0 saturated heterocycles. The Balaban J connectivity index is 2.04. The number of rotatable bonds is 1. The van der Waals surface area contributed by atoms with Crippen molar-refractivity contribution in [2.45, 2.75) is 19.2 Å². The van der Waals surface area contributed by atoms with Crippen molar-refractivity contribution < 1.29 is 14.0 Å². The number of carbonyl (C=O) groups excluding carboxylic acids is 2. The monoisotopic (exact) mass is 331 g/mol. The van der Waals surface area contributed by atoms with Crippen molar-refractivity contribution in [1.29, 1.82) is 0 Å². The smallest absolute Gasteiger partial charge is 0.241 e. The van der Waals surface area contributed by atoms with Gasteiger partial charge in [-0.1, -0.05) is 23.9 Å². The topological polar surface area (TPSA) is 92.0 Å². The standard InChI is InChI=1S/C15H13N3O4S/c1-8(19)16-15-17-18(9(2)20)14(23-15)11-7-22-12-6-4-3-5-10(12)13(11)21/h3-7,14H,1-2H3,(H,16,17,19)/t14-/m1/s1. The summed E-state index contributed by atoms with van der Waals surface area (Å²) in [7, 11) is 0. The Morgan fingerprint density at radius 2 is 2.04 bits per heavy atom. The number of thioether (sulfide) groups is 1. The molecular weight excluding hydrogens is 318 g/mol. The number of hydrogen-bond donors (Lipinski definition) is 1. The SMILES string of the molecule is CC(=O)NC1=NN(C(C)=O)[C@@H](c2coc3ccccc3c2=O)S1. The highest BCUT2D eigenvalue weighted by Gasteiger charge is 2.34. The molecule has 1 N–H and O–H groups in total. The summed E-state index contributed by atoms with van der Waals surface area (Å²) >= 11 is 1.11. The number of nitrogens with zero attached hydrogens (tertiary/aromatic N) is 2. The zero-order valence-corrected chi connectivity index (χ0v) is 13.2. The zero-order chi connectivity index (χ0) is 16.6. The average Bonchev–Trinajstić information content (AvgIpc) is 2.91. The number of amidine groups is 1. The molecule has 0 aliphatic carbocycles. The minimum atomic E-state index is -0.671. The van der Waals surface area contributed by atoms with Gasteiger partial charge in [0, 0.05) is 13.8 Å². The molecule has 2 heterocycles. The summed E-state index contributed by atoms with van der Waals surface area (Å²) in [6.07, 6.45) is 1.34. The fourth-order valence-corrected chi connectivity index (χ4v) is 3.36. The molecule has 0 radical (unpaired) electrons. The van der Waals surface area contributed by atoms with E-state index in [9.17, 15) is 14.4 Å². The summed E-state index contributed by atoms with van der Waals surface area (Å²) in [5.41, 5.74) is 0.546. The Hall–Kier alpha value is -2.61. The van der Waals surface area contributed by atoms with Crippen LogP contribution < -0.4 is 10.7 Å². The fourth-order valence-electron chi connectivity index (χ4n) is 2.23. The molecule has 1 atom stereocenters. The van der Waals surface area contributed by atoms with Gasteiger partial charge in [-0.05, 0) is 12.1 Å². The van der Waals surface area contributed by atoms with Crippen LogP contribution >= 0.6 is 11.8 Å². The maximum atomic E-state index is 12.7. The highest BCUT2D eigenvalue weighted by atomic mass is 32.2. The van der Waals surface area contributed by atoms with Crippen LogP contribution in [0.2, 0.25) is 0 Å². The minimum absolute atomic E-state index is 0.227. The van der Waals surface area contributed by atoms with Gasteiger partial charge in [-0.3, -0.25) is 14.4 Å². The third-order valence-electron chi connectivity index (χ3n) is 3.22. The van der Waals surface area contributed by atoms with Gasteiger partial charge in [0.05, 0.1) is 10.9 Å². The van der Waals surface area contributed by atoms with Crippen LogP contribution in [0, 0.1) is 0 Å². The Morgan fingerprint density at radius 3 is 2.74 bits per heavy atom. The molecule has 1 aromatic heterocycles. The molecule has 3 rings (SSSR count). The molecule has 1 aliphatic rings. The van der Waals surface area contributed by atoms with Crippen LogP contribution in [0.4, 0.5) is 0 Å². The van der Waals surface area contributed by atoms with Gasteiger partial charge in [-0.2, -0.15) is 0 Å². The van der Waals surface area contributed by atoms with Gasteiger partial charge in [0.25, 0.3) is 0 Å². The first-order valence-electron chi connectivity index (χ1n) is 6.80. The predicted molar refractivity (Wildman–Crippen MR) is 86.6 cm³/mol. The van der Waals surface area contributed by atoms with Crippen molar-refractivity contribution in [3.8, 4) is 0 Å². The first-order valence-corrected chi connectivity index (χ1v) is 7.68. The van der Waals surface area contributed by atoms with E-state index in [1.165, 1.54) is 20.1 Å². The van der Waals surface area contributed by atoms with Gasteiger partial charge in [0.2, 0.25) is 11.8 Å². The number of hydrazone groups is 1. The number of amides is 2. The van der Waals surface area contributed by atoms with Crippen LogP contribution in [0.5, 0.6) is 0 Å². The summed E-state index contributed by atoms with van der Waals surface area (Å²) in [5.74, 6) is -0.638. The maximum absolute atomic E-state index is 12.7. The van der Waals surface area contributed by atoms with E-state index in [0.29, 0.717) is 16.5 Å². The number of para-hydroxylation sites is 1. The zero-order valence-electron chi connectivity index (χ0n) is 12.4. The highest BCUT2D eigenvalue weighted by molar-refractivity contribution is 8.14. The van der Waals surface area contributed by atoms with Crippen molar-refractivity contribution in [1.82, 2.24) is 10.3 Å². The summed E-state index contributed by atoms with van der Waals surface area (Å²) in [5, 5.41) is 7.78. The Labute approximate surface area is 135 Å². The number of carbonyl (C=O) groups is 2. The molecule has 1 aromatic carbocycles. The van der Waals surface area contributed by atoms with E-state index >= 15 is 0 Å². The largest absolute Gasteiger partial charge is 0.464 e. The van der Waals surface area contributed by atoms with E-state index in [0.717, 1.165) is 16.8 Å². The molecule has 8 heteroatoms. The molecule has 0 bridgehead atoms. The maximum Gasteiger partial charge on any atom is 0.241 e. The van der Waals surface area contributed by atoms with E-state index in [1.807, 2.05) is 0 Å². The Kier molecular flexibility index (Phi) is 3.91. The second-order valence-electron chi connectivity index (χ2n) is 4.94.